The number of hydrogen-bond acceptors (Lipinski definition) is 3. The normalized spacial score (nSPS) is 14.3. The largest absolute Gasteiger partial charge is 0.395 e. The third-order valence-corrected chi connectivity index (χ3v) is 3.32. The van der Waals surface area contributed by atoms with Crippen LogP contribution >= 0.6 is 0 Å². The lowest BCUT2D eigenvalue weighted by Gasteiger charge is -2.19. The van der Waals surface area contributed by atoms with Crippen LogP contribution in [-0.4, -0.2) is 27.5 Å². The van der Waals surface area contributed by atoms with Gasteiger partial charge in [-0.3, -0.25) is 0 Å². The molecule has 1 aromatic carbocycles. The van der Waals surface area contributed by atoms with Crippen molar-refractivity contribution in [2.45, 2.75) is 32.4 Å². The third kappa shape index (κ3) is 3.43. The minimum absolute atomic E-state index is 0.134. The lowest BCUT2D eigenvalue weighted by atomic mass is 10.1. The summed E-state index contributed by atoms with van der Waals surface area (Å²) >= 11 is 0. The van der Waals surface area contributed by atoms with Crippen molar-refractivity contribution in [3.05, 3.63) is 48.3 Å². The first-order chi connectivity index (χ1) is 9.24. The molecule has 2 N–H and O–H groups in total. The molecule has 0 aliphatic carbocycles. The van der Waals surface area contributed by atoms with Crippen LogP contribution in [0.15, 0.2) is 42.7 Å². The Morgan fingerprint density at radius 3 is 2.68 bits per heavy atom. The van der Waals surface area contributed by atoms with Crippen molar-refractivity contribution in [3.63, 3.8) is 0 Å². The zero-order chi connectivity index (χ0) is 13.7. The van der Waals surface area contributed by atoms with Crippen LogP contribution in [0.1, 0.15) is 31.9 Å². The summed E-state index contributed by atoms with van der Waals surface area (Å²) in [6, 6.07) is 10.3. The maximum absolute atomic E-state index is 9.22. The van der Waals surface area contributed by atoms with E-state index in [1.807, 2.05) is 47.4 Å². The molecule has 2 atom stereocenters. The Hall–Kier alpha value is -1.65. The van der Waals surface area contributed by atoms with Gasteiger partial charge in [-0.05, 0) is 25.5 Å². The first kappa shape index (κ1) is 13.8. The lowest BCUT2D eigenvalue weighted by Crippen LogP contribution is -2.33. The average molecular weight is 259 g/mol. The van der Waals surface area contributed by atoms with E-state index in [-0.39, 0.29) is 18.7 Å². The topological polar surface area (TPSA) is 50.1 Å². The smallest absolute Gasteiger partial charge is 0.0645 e. The fourth-order valence-electron chi connectivity index (χ4n) is 2.03. The van der Waals surface area contributed by atoms with E-state index < -0.39 is 0 Å². The monoisotopic (exact) mass is 259 g/mol. The minimum Gasteiger partial charge on any atom is -0.395 e. The Balaban J connectivity index is 2.08. The number of hydrogen-bond donors (Lipinski definition) is 2. The van der Waals surface area contributed by atoms with Gasteiger partial charge < -0.3 is 10.4 Å². The molecule has 2 rings (SSSR count). The fraction of sp³-hybridized carbons (Fsp3) is 0.400. The van der Waals surface area contributed by atoms with Gasteiger partial charge in [-0.2, -0.15) is 5.10 Å². The van der Waals surface area contributed by atoms with Crippen LogP contribution in [-0.2, 0) is 0 Å². The number of para-hydroxylation sites is 1. The standard InChI is InChI=1S/C15H21N3O/c1-3-14(11-19)17-12(2)13-9-16-18(10-13)15-7-5-4-6-8-15/h4-10,12,14,17,19H,3,11H2,1-2H3/t12?,14-/m1/s1. The predicted molar refractivity (Wildman–Crippen MR) is 76.3 cm³/mol. The first-order valence-corrected chi connectivity index (χ1v) is 6.71. The molecule has 0 saturated heterocycles. The van der Waals surface area contributed by atoms with Crippen molar-refractivity contribution < 1.29 is 5.11 Å². The zero-order valence-electron chi connectivity index (χ0n) is 11.5. The van der Waals surface area contributed by atoms with Crippen LogP contribution in [0.4, 0.5) is 0 Å². The number of nitrogens with one attached hydrogen (secondary N) is 1. The molecular formula is C15H21N3O. The molecule has 0 aliphatic rings. The average Bonchev–Trinajstić information content (AvgIpc) is 2.95. The van der Waals surface area contributed by atoms with Gasteiger partial charge in [-0.25, -0.2) is 4.68 Å². The molecule has 1 aromatic heterocycles. The van der Waals surface area contributed by atoms with Gasteiger partial charge in [0.05, 0.1) is 18.5 Å². The van der Waals surface area contributed by atoms with E-state index in [4.69, 9.17) is 0 Å². The van der Waals surface area contributed by atoms with Gasteiger partial charge in [-0.15, -0.1) is 0 Å². The molecule has 2 aromatic rings. The van der Waals surface area contributed by atoms with E-state index in [0.717, 1.165) is 17.7 Å². The molecule has 1 unspecified atom stereocenters. The van der Waals surface area contributed by atoms with Gasteiger partial charge in [0.1, 0.15) is 0 Å². The van der Waals surface area contributed by atoms with Crippen molar-refractivity contribution in [1.29, 1.82) is 0 Å². The quantitative estimate of drug-likeness (QED) is 0.837. The van der Waals surface area contributed by atoms with Gasteiger partial charge in [-0.1, -0.05) is 25.1 Å². The maximum atomic E-state index is 9.22. The Bertz CT molecular complexity index is 491. The molecule has 0 fully saturated rings. The van der Waals surface area contributed by atoms with E-state index >= 15 is 0 Å². The molecule has 4 heteroatoms. The summed E-state index contributed by atoms with van der Waals surface area (Å²) in [5.74, 6) is 0. The number of nitrogens with zero attached hydrogens (tertiary/aromatic N) is 2. The van der Waals surface area contributed by atoms with Gasteiger partial charge in [0, 0.05) is 23.8 Å². The van der Waals surface area contributed by atoms with Crippen molar-refractivity contribution in [3.8, 4) is 5.69 Å². The number of rotatable bonds is 6. The summed E-state index contributed by atoms with van der Waals surface area (Å²) in [6.45, 7) is 4.31. The number of aromatic nitrogens is 2. The van der Waals surface area contributed by atoms with Crippen molar-refractivity contribution in [2.75, 3.05) is 6.61 Å². The Morgan fingerprint density at radius 2 is 2.05 bits per heavy atom. The molecule has 0 aliphatic heterocycles. The van der Waals surface area contributed by atoms with Crippen LogP contribution in [0.2, 0.25) is 0 Å². The summed E-state index contributed by atoms with van der Waals surface area (Å²) in [6.07, 6.45) is 4.81. The van der Waals surface area contributed by atoms with E-state index in [9.17, 15) is 5.11 Å². The number of aliphatic hydroxyl groups is 1. The van der Waals surface area contributed by atoms with E-state index in [1.165, 1.54) is 0 Å². The molecule has 0 radical (unpaired) electrons. The molecule has 0 spiro atoms. The fourth-order valence-corrected chi connectivity index (χ4v) is 2.03. The Morgan fingerprint density at radius 1 is 1.32 bits per heavy atom. The summed E-state index contributed by atoms with van der Waals surface area (Å²) in [5, 5.41) is 17.0. The minimum atomic E-state index is 0.134. The second-order valence-electron chi connectivity index (χ2n) is 4.73. The van der Waals surface area contributed by atoms with Crippen LogP contribution in [0.25, 0.3) is 5.69 Å². The SMILES string of the molecule is CC[C@H](CO)NC(C)c1cnn(-c2ccccc2)c1. The molecule has 4 nitrogen and oxygen atoms in total. The van der Waals surface area contributed by atoms with Crippen LogP contribution in [0.5, 0.6) is 0 Å². The molecule has 19 heavy (non-hydrogen) atoms. The van der Waals surface area contributed by atoms with Gasteiger partial charge in [0.2, 0.25) is 0 Å². The predicted octanol–water partition coefficient (Wildman–Crippen LogP) is 2.29. The van der Waals surface area contributed by atoms with Crippen molar-refractivity contribution >= 4 is 0 Å². The number of aliphatic hydroxyl groups excluding tert-OH is 1. The van der Waals surface area contributed by atoms with Gasteiger partial charge in [0.15, 0.2) is 0 Å². The molecule has 1 heterocycles. The summed E-state index contributed by atoms with van der Waals surface area (Å²) in [7, 11) is 0. The van der Waals surface area contributed by atoms with Crippen molar-refractivity contribution in [1.82, 2.24) is 15.1 Å². The van der Waals surface area contributed by atoms with Crippen LogP contribution in [0.3, 0.4) is 0 Å². The molecule has 0 amide bonds. The highest BCUT2D eigenvalue weighted by molar-refractivity contribution is 5.31. The summed E-state index contributed by atoms with van der Waals surface area (Å²) in [5.41, 5.74) is 2.17. The van der Waals surface area contributed by atoms with E-state index in [1.54, 1.807) is 0 Å². The van der Waals surface area contributed by atoms with Gasteiger partial charge in [0.25, 0.3) is 0 Å². The highest BCUT2D eigenvalue weighted by Crippen LogP contribution is 2.15. The summed E-state index contributed by atoms with van der Waals surface area (Å²) < 4.78 is 1.87. The molecule has 102 valence electrons. The number of benzene rings is 1. The third-order valence-electron chi connectivity index (χ3n) is 3.32. The van der Waals surface area contributed by atoms with E-state index in [0.29, 0.717) is 0 Å². The molecular weight excluding hydrogens is 238 g/mol. The Kier molecular flexibility index (Phi) is 4.71. The van der Waals surface area contributed by atoms with Crippen molar-refractivity contribution in [2.24, 2.45) is 0 Å². The highest BCUT2D eigenvalue weighted by atomic mass is 16.3. The maximum Gasteiger partial charge on any atom is 0.0645 e. The Labute approximate surface area is 114 Å². The van der Waals surface area contributed by atoms with Crippen LogP contribution in [0, 0.1) is 0 Å². The molecule has 0 bridgehead atoms. The van der Waals surface area contributed by atoms with Gasteiger partial charge >= 0.3 is 0 Å². The lowest BCUT2D eigenvalue weighted by molar-refractivity contribution is 0.230. The zero-order valence-corrected chi connectivity index (χ0v) is 11.5. The van der Waals surface area contributed by atoms with Crippen LogP contribution < -0.4 is 5.32 Å². The van der Waals surface area contributed by atoms with E-state index in [2.05, 4.69) is 24.3 Å². The first-order valence-electron chi connectivity index (χ1n) is 6.71. The highest BCUT2D eigenvalue weighted by Gasteiger charge is 2.12. The second-order valence-corrected chi connectivity index (χ2v) is 4.73. The second kappa shape index (κ2) is 6.50. The molecule has 0 saturated carbocycles. The summed E-state index contributed by atoms with van der Waals surface area (Å²) in [4.78, 5) is 0.